The van der Waals surface area contributed by atoms with Crippen LogP contribution in [0, 0.1) is 0 Å². The molecule has 0 fully saturated rings. The van der Waals surface area contributed by atoms with Crippen LogP contribution in [0.5, 0.6) is 0 Å². The van der Waals surface area contributed by atoms with Gasteiger partial charge in [-0.1, -0.05) is 24.3 Å². The first kappa shape index (κ1) is 9.85. The van der Waals surface area contributed by atoms with Crippen LogP contribution in [0.2, 0.25) is 0 Å². The van der Waals surface area contributed by atoms with Crippen molar-refractivity contribution in [3.63, 3.8) is 0 Å². The predicted octanol–water partition coefficient (Wildman–Crippen LogP) is 3.09. The van der Waals surface area contributed by atoms with Crippen LogP contribution in [0.4, 0.5) is 5.69 Å². The summed E-state index contributed by atoms with van der Waals surface area (Å²) in [7, 11) is 0. The van der Waals surface area contributed by atoms with E-state index in [1.807, 2.05) is 12.1 Å². The summed E-state index contributed by atoms with van der Waals surface area (Å²) in [6, 6.07) is 10.5. The van der Waals surface area contributed by atoms with Gasteiger partial charge in [-0.2, -0.15) is 0 Å². The molecule has 0 unspecified atom stereocenters. The maximum atomic E-state index is 3.73. The summed E-state index contributed by atoms with van der Waals surface area (Å²) >= 11 is 0. The first-order chi connectivity index (χ1) is 6.38. The van der Waals surface area contributed by atoms with Gasteiger partial charge >= 0.3 is 0 Å². The van der Waals surface area contributed by atoms with Gasteiger partial charge in [-0.05, 0) is 25.5 Å². The molecule has 0 saturated carbocycles. The largest absolute Gasteiger partial charge is 0.372 e. The van der Waals surface area contributed by atoms with Gasteiger partial charge in [-0.25, -0.2) is 0 Å². The molecule has 0 aliphatic heterocycles. The molecule has 1 aromatic carbocycles. The Kier molecular flexibility index (Phi) is 4.10. The van der Waals surface area contributed by atoms with Crippen molar-refractivity contribution in [3.05, 3.63) is 43.0 Å². The molecule has 0 amide bonds. The molecular formula is C12H17N. The molecule has 0 saturated heterocycles. The summed E-state index contributed by atoms with van der Waals surface area (Å²) in [6.07, 6.45) is 3.01. The molecule has 0 N–H and O–H groups in total. The molecule has 0 heterocycles. The topological polar surface area (TPSA) is 3.24 Å². The summed E-state index contributed by atoms with van der Waals surface area (Å²) in [4.78, 5) is 2.35. The van der Waals surface area contributed by atoms with E-state index in [2.05, 4.69) is 42.7 Å². The molecule has 0 aliphatic carbocycles. The third kappa shape index (κ3) is 2.94. The van der Waals surface area contributed by atoms with Gasteiger partial charge < -0.3 is 4.90 Å². The van der Waals surface area contributed by atoms with Crippen molar-refractivity contribution >= 4 is 5.69 Å². The van der Waals surface area contributed by atoms with Crippen LogP contribution in [0.1, 0.15) is 13.3 Å². The fourth-order valence-electron chi connectivity index (χ4n) is 1.36. The highest BCUT2D eigenvalue weighted by molar-refractivity contribution is 5.45. The third-order valence-electron chi connectivity index (χ3n) is 2.11. The van der Waals surface area contributed by atoms with Crippen molar-refractivity contribution in [1.29, 1.82) is 0 Å². The van der Waals surface area contributed by atoms with E-state index in [1.165, 1.54) is 5.69 Å². The SMILES string of the molecule is C=CCCN(CC)c1ccccc1. The Bertz CT molecular complexity index is 241. The van der Waals surface area contributed by atoms with Crippen molar-refractivity contribution in [2.45, 2.75) is 13.3 Å². The number of hydrogen-bond donors (Lipinski definition) is 0. The highest BCUT2D eigenvalue weighted by Gasteiger charge is 2.00. The fourth-order valence-corrected chi connectivity index (χ4v) is 1.36. The Labute approximate surface area is 80.7 Å². The van der Waals surface area contributed by atoms with Crippen molar-refractivity contribution in [1.82, 2.24) is 0 Å². The van der Waals surface area contributed by atoms with Crippen LogP contribution >= 0.6 is 0 Å². The molecule has 0 bridgehead atoms. The Balaban J connectivity index is 2.61. The molecule has 0 aliphatic rings. The molecule has 0 spiro atoms. The summed E-state index contributed by atoms with van der Waals surface area (Å²) in [5.74, 6) is 0. The Morgan fingerprint density at radius 1 is 1.31 bits per heavy atom. The van der Waals surface area contributed by atoms with Crippen LogP contribution < -0.4 is 4.90 Å². The van der Waals surface area contributed by atoms with Gasteiger partial charge in [0.05, 0.1) is 0 Å². The first-order valence-corrected chi connectivity index (χ1v) is 4.79. The van der Waals surface area contributed by atoms with Crippen molar-refractivity contribution in [2.24, 2.45) is 0 Å². The summed E-state index contributed by atoms with van der Waals surface area (Å²) in [6.45, 7) is 8.02. The van der Waals surface area contributed by atoms with Gasteiger partial charge in [0.25, 0.3) is 0 Å². The van der Waals surface area contributed by atoms with Gasteiger partial charge in [0, 0.05) is 18.8 Å². The predicted molar refractivity (Wildman–Crippen MR) is 59.1 cm³/mol. The second-order valence-electron chi connectivity index (χ2n) is 2.99. The minimum Gasteiger partial charge on any atom is -0.372 e. The van der Waals surface area contributed by atoms with E-state index < -0.39 is 0 Å². The molecule has 1 nitrogen and oxygen atoms in total. The van der Waals surface area contributed by atoms with Gasteiger partial charge in [0.2, 0.25) is 0 Å². The Morgan fingerprint density at radius 2 is 2.00 bits per heavy atom. The number of nitrogens with zero attached hydrogens (tertiary/aromatic N) is 1. The average Bonchev–Trinajstić information content (AvgIpc) is 2.21. The van der Waals surface area contributed by atoms with E-state index in [0.717, 1.165) is 19.5 Å². The average molecular weight is 175 g/mol. The van der Waals surface area contributed by atoms with Crippen LogP contribution in [-0.2, 0) is 0 Å². The molecule has 0 atom stereocenters. The van der Waals surface area contributed by atoms with Crippen LogP contribution in [0.3, 0.4) is 0 Å². The van der Waals surface area contributed by atoms with E-state index in [0.29, 0.717) is 0 Å². The normalized spacial score (nSPS) is 9.62. The number of rotatable bonds is 5. The van der Waals surface area contributed by atoms with Gasteiger partial charge in [-0.15, -0.1) is 6.58 Å². The zero-order valence-corrected chi connectivity index (χ0v) is 8.24. The minimum absolute atomic E-state index is 1.04. The van der Waals surface area contributed by atoms with E-state index in [9.17, 15) is 0 Å². The molecule has 0 aromatic heterocycles. The zero-order valence-electron chi connectivity index (χ0n) is 8.24. The first-order valence-electron chi connectivity index (χ1n) is 4.79. The monoisotopic (exact) mass is 175 g/mol. The number of benzene rings is 1. The van der Waals surface area contributed by atoms with E-state index in [1.54, 1.807) is 0 Å². The lowest BCUT2D eigenvalue weighted by Crippen LogP contribution is -2.23. The number of anilines is 1. The summed E-state index contributed by atoms with van der Waals surface area (Å²) in [5, 5.41) is 0. The van der Waals surface area contributed by atoms with E-state index in [-0.39, 0.29) is 0 Å². The highest BCUT2D eigenvalue weighted by atomic mass is 15.1. The standard InChI is InChI=1S/C12H17N/c1-3-5-11-13(4-2)12-9-7-6-8-10-12/h3,6-10H,1,4-5,11H2,2H3. The second-order valence-corrected chi connectivity index (χ2v) is 2.99. The molecule has 1 aromatic rings. The number of para-hydroxylation sites is 1. The lowest BCUT2D eigenvalue weighted by Gasteiger charge is -2.22. The molecule has 1 heteroatoms. The zero-order chi connectivity index (χ0) is 9.52. The summed E-state index contributed by atoms with van der Waals surface area (Å²) < 4.78 is 0. The Hall–Kier alpha value is -1.24. The second kappa shape index (κ2) is 5.41. The molecular weight excluding hydrogens is 158 g/mol. The lowest BCUT2D eigenvalue weighted by atomic mass is 10.2. The van der Waals surface area contributed by atoms with Crippen LogP contribution in [-0.4, -0.2) is 13.1 Å². The Morgan fingerprint density at radius 3 is 2.54 bits per heavy atom. The van der Waals surface area contributed by atoms with Crippen molar-refractivity contribution in [3.8, 4) is 0 Å². The fraction of sp³-hybridized carbons (Fsp3) is 0.333. The maximum Gasteiger partial charge on any atom is 0.0366 e. The minimum atomic E-state index is 1.04. The van der Waals surface area contributed by atoms with E-state index in [4.69, 9.17) is 0 Å². The molecule has 0 radical (unpaired) electrons. The van der Waals surface area contributed by atoms with Crippen LogP contribution in [0.15, 0.2) is 43.0 Å². The molecule has 1 rings (SSSR count). The summed E-state index contributed by atoms with van der Waals surface area (Å²) in [5.41, 5.74) is 1.30. The van der Waals surface area contributed by atoms with Crippen LogP contribution in [0.25, 0.3) is 0 Å². The maximum absolute atomic E-state index is 3.73. The van der Waals surface area contributed by atoms with Crippen molar-refractivity contribution < 1.29 is 0 Å². The smallest absolute Gasteiger partial charge is 0.0366 e. The molecule has 70 valence electrons. The quantitative estimate of drug-likeness (QED) is 0.622. The molecule has 13 heavy (non-hydrogen) atoms. The van der Waals surface area contributed by atoms with E-state index >= 15 is 0 Å². The van der Waals surface area contributed by atoms with Crippen molar-refractivity contribution in [2.75, 3.05) is 18.0 Å². The van der Waals surface area contributed by atoms with Gasteiger partial charge in [-0.3, -0.25) is 0 Å². The van der Waals surface area contributed by atoms with Gasteiger partial charge in [0.1, 0.15) is 0 Å². The lowest BCUT2D eigenvalue weighted by molar-refractivity contribution is 0.823. The third-order valence-corrected chi connectivity index (χ3v) is 2.11. The highest BCUT2D eigenvalue weighted by Crippen LogP contribution is 2.12. The van der Waals surface area contributed by atoms with Gasteiger partial charge in [0.15, 0.2) is 0 Å². The number of hydrogen-bond acceptors (Lipinski definition) is 1.